The van der Waals surface area contributed by atoms with Crippen LogP contribution >= 0.6 is 15.9 Å². The fourth-order valence-corrected chi connectivity index (χ4v) is 2.27. The highest BCUT2D eigenvalue weighted by molar-refractivity contribution is 9.09. The molecule has 0 amide bonds. The number of hydrogen-bond donors (Lipinski definition) is 1. The van der Waals surface area contributed by atoms with Crippen LogP contribution in [0.15, 0.2) is 18.2 Å². The first-order chi connectivity index (χ1) is 7.22. The lowest BCUT2D eigenvalue weighted by atomic mass is 10.1. The normalized spacial score (nSPS) is 11.1. The maximum Gasteiger partial charge on any atom is 0.0459 e. The first-order valence-electron chi connectivity index (χ1n) is 5.36. The number of rotatable bonds is 3. The molecule has 2 rings (SSSR count). The number of aromatic nitrogens is 1. The zero-order valence-corrected chi connectivity index (χ0v) is 10.8. The number of benzene rings is 1. The smallest absolute Gasteiger partial charge is 0.0459 e. The molecule has 1 heterocycles. The molecule has 0 unspecified atom stereocenters. The van der Waals surface area contributed by atoms with Crippen LogP contribution in [0.25, 0.3) is 10.9 Å². The Kier molecular flexibility index (Phi) is 3.15. The van der Waals surface area contributed by atoms with Gasteiger partial charge in [0.25, 0.3) is 0 Å². The van der Waals surface area contributed by atoms with E-state index in [1.165, 1.54) is 34.1 Å². The fourth-order valence-electron chi connectivity index (χ4n) is 1.99. The van der Waals surface area contributed by atoms with Crippen molar-refractivity contribution in [1.29, 1.82) is 0 Å². The average molecular weight is 266 g/mol. The Bertz CT molecular complexity index is 471. The second kappa shape index (κ2) is 4.40. The molecule has 0 saturated heterocycles. The monoisotopic (exact) mass is 265 g/mol. The second-order valence-corrected chi connectivity index (χ2v) is 4.86. The molecule has 1 aromatic heterocycles. The minimum Gasteiger partial charge on any atom is -0.358 e. The van der Waals surface area contributed by atoms with Crippen molar-refractivity contribution in [1.82, 2.24) is 4.98 Å². The molecule has 1 nitrogen and oxygen atoms in total. The Hall–Kier alpha value is -0.760. The van der Waals surface area contributed by atoms with Gasteiger partial charge in [-0.2, -0.15) is 0 Å². The van der Waals surface area contributed by atoms with Gasteiger partial charge in [0.15, 0.2) is 0 Å². The molecular formula is C13H16BrN. The highest BCUT2D eigenvalue weighted by Crippen LogP contribution is 2.23. The Morgan fingerprint density at radius 3 is 2.80 bits per heavy atom. The van der Waals surface area contributed by atoms with Crippen molar-refractivity contribution in [2.24, 2.45) is 0 Å². The predicted molar refractivity (Wildman–Crippen MR) is 69.9 cm³/mol. The Balaban J connectivity index is 2.45. The van der Waals surface area contributed by atoms with Gasteiger partial charge in [0.05, 0.1) is 0 Å². The van der Waals surface area contributed by atoms with Gasteiger partial charge in [-0.15, -0.1) is 0 Å². The van der Waals surface area contributed by atoms with Gasteiger partial charge in [-0.1, -0.05) is 27.6 Å². The summed E-state index contributed by atoms with van der Waals surface area (Å²) in [5.74, 6) is 0. The number of H-pyrrole nitrogens is 1. The van der Waals surface area contributed by atoms with E-state index in [-0.39, 0.29) is 0 Å². The van der Waals surface area contributed by atoms with Gasteiger partial charge < -0.3 is 4.98 Å². The fraction of sp³-hybridized carbons (Fsp3) is 0.385. The zero-order valence-electron chi connectivity index (χ0n) is 9.23. The summed E-state index contributed by atoms with van der Waals surface area (Å²) in [5, 5.41) is 2.44. The number of hydrogen-bond acceptors (Lipinski definition) is 0. The molecule has 0 atom stereocenters. The lowest BCUT2D eigenvalue weighted by molar-refractivity contribution is 0.902. The van der Waals surface area contributed by atoms with Gasteiger partial charge in [0.1, 0.15) is 0 Å². The van der Waals surface area contributed by atoms with Crippen molar-refractivity contribution < 1.29 is 0 Å². The molecular weight excluding hydrogens is 250 g/mol. The SMILES string of the molecule is Cc1ccc2[nH]c(CCCBr)c(C)c2c1. The summed E-state index contributed by atoms with van der Waals surface area (Å²) in [6, 6.07) is 6.60. The van der Waals surface area contributed by atoms with E-state index in [0.717, 1.165) is 11.8 Å². The second-order valence-electron chi connectivity index (χ2n) is 4.07. The van der Waals surface area contributed by atoms with E-state index >= 15 is 0 Å². The molecule has 0 radical (unpaired) electrons. The molecule has 0 bridgehead atoms. The summed E-state index contributed by atoms with van der Waals surface area (Å²) in [5.41, 5.74) is 5.39. The highest BCUT2D eigenvalue weighted by atomic mass is 79.9. The average Bonchev–Trinajstić information content (AvgIpc) is 2.53. The first kappa shape index (κ1) is 10.7. The Morgan fingerprint density at radius 2 is 2.07 bits per heavy atom. The van der Waals surface area contributed by atoms with Gasteiger partial charge in [0, 0.05) is 21.9 Å². The molecule has 15 heavy (non-hydrogen) atoms. The minimum absolute atomic E-state index is 1.07. The van der Waals surface area contributed by atoms with E-state index in [0.29, 0.717) is 0 Å². The van der Waals surface area contributed by atoms with Crippen molar-refractivity contribution in [2.75, 3.05) is 5.33 Å². The molecule has 1 aromatic carbocycles. The number of nitrogens with one attached hydrogen (secondary N) is 1. The number of fused-ring (bicyclic) bond motifs is 1. The number of alkyl halides is 1. The number of halogens is 1. The first-order valence-corrected chi connectivity index (χ1v) is 6.48. The molecule has 0 aliphatic heterocycles. The third-order valence-corrected chi connectivity index (χ3v) is 3.44. The van der Waals surface area contributed by atoms with Gasteiger partial charge in [-0.3, -0.25) is 0 Å². The zero-order chi connectivity index (χ0) is 10.8. The molecule has 80 valence electrons. The van der Waals surface area contributed by atoms with Crippen LogP contribution in [0.3, 0.4) is 0 Å². The van der Waals surface area contributed by atoms with Crippen LogP contribution in [-0.4, -0.2) is 10.3 Å². The maximum atomic E-state index is 3.51. The summed E-state index contributed by atoms with van der Waals surface area (Å²) in [4.78, 5) is 3.51. The quantitative estimate of drug-likeness (QED) is 0.804. The summed E-state index contributed by atoms with van der Waals surface area (Å²) >= 11 is 3.47. The number of aromatic amines is 1. The van der Waals surface area contributed by atoms with E-state index in [2.05, 4.69) is 53.0 Å². The molecule has 0 saturated carbocycles. The molecule has 1 N–H and O–H groups in total. The van der Waals surface area contributed by atoms with E-state index in [1.54, 1.807) is 0 Å². The predicted octanol–water partition coefficient (Wildman–Crippen LogP) is 4.11. The lowest BCUT2D eigenvalue weighted by Gasteiger charge is -1.97. The highest BCUT2D eigenvalue weighted by Gasteiger charge is 2.06. The van der Waals surface area contributed by atoms with E-state index < -0.39 is 0 Å². The van der Waals surface area contributed by atoms with Crippen LogP contribution in [0.5, 0.6) is 0 Å². The van der Waals surface area contributed by atoms with Crippen LogP contribution in [0.1, 0.15) is 23.2 Å². The summed E-state index contributed by atoms with van der Waals surface area (Å²) < 4.78 is 0. The van der Waals surface area contributed by atoms with E-state index in [1.807, 2.05) is 0 Å². The molecule has 0 aliphatic rings. The molecule has 0 aliphatic carbocycles. The molecule has 0 fully saturated rings. The standard InChI is InChI=1S/C13H16BrN/c1-9-5-6-13-11(8-9)10(2)12(15-13)4-3-7-14/h5-6,8,15H,3-4,7H2,1-2H3. The van der Waals surface area contributed by atoms with Gasteiger partial charge in [-0.25, -0.2) is 0 Å². The molecule has 0 spiro atoms. The summed E-state index contributed by atoms with van der Waals surface area (Å²) in [6.45, 7) is 4.35. The van der Waals surface area contributed by atoms with Gasteiger partial charge >= 0.3 is 0 Å². The number of aryl methyl sites for hydroxylation is 3. The van der Waals surface area contributed by atoms with Crippen LogP contribution in [0.4, 0.5) is 0 Å². The Labute approximate surface area is 99.0 Å². The van der Waals surface area contributed by atoms with Crippen molar-refractivity contribution in [2.45, 2.75) is 26.7 Å². The lowest BCUT2D eigenvalue weighted by Crippen LogP contribution is -1.88. The molecule has 2 heteroatoms. The van der Waals surface area contributed by atoms with Crippen LogP contribution < -0.4 is 0 Å². The third-order valence-electron chi connectivity index (χ3n) is 2.88. The third kappa shape index (κ3) is 2.10. The van der Waals surface area contributed by atoms with Crippen LogP contribution in [0, 0.1) is 13.8 Å². The van der Waals surface area contributed by atoms with Crippen LogP contribution in [-0.2, 0) is 6.42 Å². The maximum absolute atomic E-state index is 3.51. The van der Waals surface area contributed by atoms with E-state index in [4.69, 9.17) is 0 Å². The summed E-state index contributed by atoms with van der Waals surface area (Å²) in [6.07, 6.45) is 2.32. The van der Waals surface area contributed by atoms with E-state index in [9.17, 15) is 0 Å². The van der Waals surface area contributed by atoms with Gasteiger partial charge in [-0.05, 0) is 44.4 Å². The van der Waals surface area contributed by atoms with Crippen molar-refractivity contribution >= 4 is 26.8 Å². The largest absolute Gasteiger partial charge is 0.358 e. The summed E-state index contributed by atoms with van der Waals surface area (Å²) in [7, 11) is 0. The van der Waals surface area contributed by atoms with Crippen molar-refractivity contribution in [3.05, 3.63) is 35.0 Å². The van der Waals surface area contributed by atoms with Crippen molar-refractivity contribution in [3.8, 4) is 0 Å². The Morgan fingerprint density at radius 1 is 1.27 bits per heavy atom. The topological polar surface area (TPSA) is 15.8 Å². The van der Waals surface area contributed by atoms with Crippen LogP contribution in [0.2, 0.25) is 0 Å². The minimum atomic E-state index is 1.07. The van der Waals surface area contributed by atoms with Gasteiger partial charge in [0.2, 0.25) is 0 Å². The van der Waals surface area contributed by atoms with Crippen molar-refractivity contribution in [3.63, 3.8) is 0 Å². The molecule has 2 aromatic rings.